The topological polar surface area (TPSA) is 50.4 Å². The highest BCUT2D eigenvalue weighted by Gasteiger charge is 2.10. The predicted molar refractivity (Wildman–Crippen MR) is 135 cm³/mol. The van der Waals surface area contributed by atoms with E-state index in [2.05, 4.69) is 51.0 Å². The Morgan fingerprint density at radius 2 is 2.03 bits per heavy atom. The fourth-order valence-electron chi connectivity index (χ4n) is 3.27. The monoisotopic (exact) mass is 540 g/mol. The van der Waals surface area contributed by atoms with Crippen LogP contribution in [-0.4, -0.2) is 38.6 Å². The molecule has 0 aliphatic carbocycles. The van der Waals surface area contributed by atoms with Crippen LogP contribution in [0.4, 0.5) is 0 Å². The Hall–Kier alpha value is -2.00. The Balaban J connectivity index is 0.00000320. The summed E-state index contributed by atoms with van der Waals surface area (Å²) in [5.41, 5.74) is 3.57. The molecule has 8 heteroatoms. The molecule has 0 amide bonds. The van der Waals surface area contributed by atoms with Gasteiger partial charge in [0.25, 0.3) is 0 Å². The summed E-state index contributed by atoms with van der Waals surface area (Å²) >= 11 is 6.12. The highest BCUT2D eigenvalue weighted by molar-refractivity contribution is 14.0. The lowest BCUT2D eigenvalue weighted by Crippen LogP contribution is -2.38. The maximum absolute atomic E-state index is 6.12. The zero-order chi connectivity index (χ0) is 20.8. The van der Waals surface area contributed by atoms with Crippen LogP contribution in [0.15, 0.2) is 53.9 Å². The molecular formula is C22H30ClIN6. The van der Waals surface area contributed by atoms with Crippen molar-refractivity contribution in [2.75, 3.05) is 13.6 Å². The normalized spacial score (nSPS) is 11.3. The van der Waals surface area contributed by atoms with Gasteiger partial charge >= 0.3 is 0 Å². The summed E-state index contributed by atoms with van der Waals surface area (Å²) in [7, 11) is 4.05. The lowest BCUT2D eigenvalue weighted by atomic mass is 10.1. The van der Waals surface area contributed by atoms with Crippen LogP contribution in [-0.2, 0) is 26.7 Å². The zero-order valence-corrected chi connectivity index (χ0v) is 21.1. The molecule has 0 saturated heterocycles. The molecule has 1 N–H and O–H groups in total. The number of hydrogen-bond donors (Lipinski definition) is 1. The van der Waals surface area contributed by atoms with Crippen LogP contribution < -0.4 is 5.32 Å². The number of nitrogens with zero attached hydrogens (tertiary/aromatic N) is 5. The van der Waals surface area contributed by atoms with E-state index in [-0.39, 0.29) is 24.0 Å². The first-order valence-corrected chi connectivity index (χ1v) is 10.2. The third-order valence-electron chi connectivity index (χ3n) is 4.85. The SMILES string of the molecule is CCNC(=NCc1cccc(Cn2ccnc2C)c1)N(C)Cc1cc(Cl)cn1C.I. The van der Waals surface area contributed by atoms with E-state index in [1.807, 2.05) is 50.2 Å². The van der Waals surface area contributed by atoms with Gasteiger partial charge in [0.2, 0.25) is 0 Å². The average Bonchev–Trinajstić information content (AvgIpc) is 3.23. The maximum Gasteiger partial charge on any atom is 0.194 e. The third kappa shape index (κ3) is 6.50. The van der Waals surface area contributed by atoms with Crippen LogP contribution in [0.3, 0.4) is 0 Å². The molecule has 0 aliphatic rings. The first kappa shape index (κ1) is 24.3. The van der Waals surface area contributed by atoms with Gasteiger partial charge in [0.15, 0.2) is 5.96 Å². The van der Waals surface area contributed by atoms with Crippen LogP contribution in [0.1, 0.15) is 29.6 Å². The lowest BCUT2D eigenvalue weighted by molar-refractivity contribution is 0.462. The number of aliphatic imine (C=N–C) groups is 1. The molecule has 1 aromatic carbocycles. The van der Waals surface area contributed by atoms with Crippen molar-refractivity contribution in [2.45, 2.75) is 33.5 Å². The maximum atomic E-state index is 6.12. The minimum absolute atomic E-state index is 0. The van der Waals surface area contributed by atoms with Crippen molar-refractivity contribution in [2.24, 2.45) is 12.0 Å². The molecule has 3 aromatic rings. The van der Waals surface area contributed by atoms with E-state index >= 15 is 0 Å². The average molecular weight is 541 g/mol. The number of imidazole rings is 1. The molecule has 0 spiro atoms. The van der Waals surface area contributed by atoms with Gasteiger partial charge in [-0.2, -0.15) is 0 Å². The van der Waals surface area contributed by atoms with Gasteiger partial charge in [-0.15, -0.1) is 24.0 Å². The highest BCUT2D eigenvalue weighted by atomic mass is 127. The smallest absolute Gasteiger partial charge is 0.194 e. The van der Waals surface area contributed by atoms with Gasteiger partial charge in [0.05, 0.1) is 18.1 Å². The molecule has 0 aliphatic heterocycles. The second kappa shape index (κ2) is 11.4. The first-order valence-electron chi connectivity index (χ1n) is 9.82. The van der Waals surface area contributed by atoms with E-state index in [1.54, 1.807) is 0 Å². The van der Waals surface area contributed by atoms with Crippen molar-refractivity contribution >= 4 is 41.5 Å². The predicted octanol–water partition coefficient (Wildman–Crippen LogP) is 4.45. The molecule has 3 rings (SSSR count). The van der Waals surface area contributed by atoms with E-state index in [0.29, 0.717) is 6.54 Å². The van der Waals surface area contributed by atoms with Crippen LogP contribution in [0.2, 0.25) is 5.02 Å². The summed E-state index contributed by atoms with van der Waals surface area (Å²) < 4.78 is 4.19. The standard InChI is InChI=1S/C22H29ClN6.HI/c1-5-24-22(28(4)16-21-12-20(23)15-27(21)3)26-13-18-7-6-8-19(11-18)14-29-10-9-25-17(29)2;/h6-12,15H,5,13-14,16H2,1-4H3,(H,24,26);1H. The van der Waals surface area contributed by atoms with Crippen molar-refractivity contribution in [3.8, 4) is 0 Å². The molecule has 0 saturated carbocycles. The number of rotatable bonds is 7. The summed E-state index contributed by atoms with van der Waals surface area (Å²) in [6.45, 7) is 7.09. The van der Waals surface area contributed by atoms with Gasteiger partial charge in [-0.1, -0.05) is 35.9 Å². The molecule has 0 bridgehead atoms. The van der Waals surface area contributed by atoms with Crippen molar-refractivity contribution in [3.05, 3.63) is 76.6 Å². The highest BCUT2D eigenvalue weighted by Crippen LogP contribution is 2.14. The summed E-state index contributed by atoms with van der Waals surface area (Å²) in [5, 5.41) is 4.13. The van der Waals surface area contributed by atoms with Crippen molar-refractivity contribution in [1.82, 2.24) is 24.3 Å². The number of halogens is 2. The summed E-state index contributed by atoms with van der Waals surface area (Å²) in [6, 6.07) is 10.6. The van der Waals surface area contributed by atoms with Crippen LogP contribution in [0.5, 0.6) is 0 Å². The van der Waals surface area contributed by atoms with Crippen LogP contribution >= 0.6 is 35.6 Å². The number of guanidine groups is 1. The van der Waals surface area contributed by atoms with E-state index in [9.17, 15) is 0 Å². The molecule has 0 unspecified atom stereocenters. The molecule has 0 fully saturated rings. The fraction of sp³-hybridized carbons (Fsp3) is 0.364. The second-order valence-electron chi connectivity index (χ2n) is 7.21. The van der Waals surface area contributed by atoms with Crippen LogP contribution in [0.25, 0.3) is 0 Å². The minimum atomic E-state index is 0. The Morgan fingerprint density at radius 3 is 2.67 bits per heavy atom. The van der Waals surface area contributed by atoms with E-state index in [0.717, 1.165) is 42.1 Å². The summed E-state index contributed by atoms with van der Waals surface area (Å²) in [5.74, 6) is 1.89. The van der Waals surface area contributed by atoms with Gasteiger partial charge in [-0.25, -0.2) is 9.98 Å². The van der Waals surface area contributed by atoms with E-state index in [1.165, 1.54) is 11.1 Å². The molecule has 6 nitrogen and oxygen atoms in total. The lowest BCUT2D eigenvalue weighted by Gasteiger charge is -2.22. The van der Waals surface area contributed by atoms with Gasteiger partial charge < -0.3 is 19.4 Å². The quantitative estimate of drug-likeness (QED) is 0.274. The Labute approximate surface area is 201 Å². The van der Waals surface area contributed by atoms with E-state index in [4.69, 9.17) is 16.6 Å². The van der Waals surface area contributed by atoms with Crippen LogP contribution in [0, 0.1) is 6.92 Å². The third-order valence-corrected chi connectivity index (χ3v) is 5.06. The minimum Gasteiger partial charge on any atom is -0.357 e. The number of aromatic nitrogens is 3. The molecule has 2 heterocycles. The summed E-state index contributed by atoms with van der Waals surface area (Å²) in [4.78, 5) is 11.3. The molecule has 30 heavy (non-hydrogen) atoms. The number of nitrogens with one attached hydrogen (secondary N) is 1. The Bertz CT molecular complexity index is 978. The molecule has 162 valence electrons. The van der Waals surface area contributed by atoms with Gasteiger partial charge in [-0.05, 0) is 31.0 Å². The van der Waals surface area contributed by atoms with Crippen molar-refractivity contribution in [3.63, 3.8) is 0 Å². The molecule has 0 radical (unpaired) electrons. The zero-order valence-electron chi connectivity index (χ0n) is 18.0. The number of hydrogen-bond acceptors (Lipinski definition) is 2. The largest absolute Gasteiger partial charge is 0.357 e. The second-order valence-corrected chi connectivity index (χ2v) is 7.65. The van der Waals surface area contributed by atoms with Crippen molar-refractivity contribution in [1.29, 1.82) is 0 Å². The molecular weight excluding hydrogens is 511 g/mol. The molecule has 2 aromatic heterocycles. The summed E-state index contributed by atoms with van der Waals surface area (Å²) in [6.07, 6.45) is 5.76. The number of benzene rings is 1. The van der Waals surface area contributed by atoms with Gasteiger partial charge in [0.1, 0.15) is 5.82 Å². The number of aryl methyl sites for hydroxylation is 2. The van der Waals surface area contributed by atoms with Gasteiger partial charge in [0, 0.05) is 51.5 Å². The Morgan fingerprint density at radius 1 is 1.27 bits per heavy atom. The fourth-order valence-corrected chi connectivity index (χ4v) is 3.54. The Kier molecular flexibility index (Phi) is 9.23. The van der Waals surface area contributed by atoms with Gasteiger partial charge in [-0.3, -0.25) is 0 Å². The van der Waals surface area contributed by atoms with Crippen molar-refractivity contribution < 1.29 is 0 Å². The molecule has 0 atom stereocenters. The first-order chi connectivity index (χ1) is 14.0. The van der Waals surface area contributed by atoms with E-state index < -0.39 is 0 Å².